The van der Waals surface area contributed by atoms with Crippen molar-refractivity contribution in [3.05, 3.63) is 28.2 Å². The highest BCUT2D eigenvalue weighted by Crippen LogP contribution is 2.29. The van der Waals surface area contributed by atoms with Crippen LogP contribution < -0.4 is 10.6 Å². The number of halogens is 2. The zero-order chi connectivity index (χ0) is 12.0. The maximum atomic E-state index is 11.5. The quantitative estimate of drug-likeness (QED) is 0.800. The molecule has 0 saturated heterocycles. The van der Waals surface area contributed by atoms with E-state index in [1.54, 1.807) is 18.2 Å². The Hall–Kier alpha value is -0.770. The van der Waals surface area contributed by atoms with Crippen molar-refractivity contribution in [2.24, 2.45) is 0 Å². The van der Waals surface area contributed by atoms with E-state index in [0.29, 0.717) is 22.2 Å². The normalized spacial score (nSPS) is 10.2. The Balaban J connectivity index is 2.56. The number of hydrogen-bond donors (Lipinski definition) is 2. The summed E-state index contributed by atoms with van der Waals surface area (Å²) in [5, 5.41) is 6.59. The van der Waals surface area contributed by atoms with Gasteiger partial charge in [-0.05, 0) is 32.1 Å². The van der Waals surface area contributed by atoms with Gasteiger partial charge in [-0.3, -0.25) is 4.79 Å². The lowest BCUT2D eigenvalue weighted by Gasteiger charge is -2.08. The fourth-order valence-corrected chi connectivity index (χ4v) is 1.74. The van der Waals surface area contributed by atoms with Crippen LogP contribution in [0.15, 0.2) is 18.2 Å². The molecule has 0 fully saturated rings. The molecule has 0 heterocycles. The minimum atomic E-state index is -0.0785. The highest BCUT2D eigenvalue weighted by molar-refractivity contribution is 6.39. The predicted molar refractivity (Wildman–Crippen MR) is 68.3 cm³/mol. The third-order valence-electron chi connectivity index (χ3n) is 2.06. The molecule has 0 aromatic heterocycles. The Bertz CT molecular complexity index is 349. The van der Waals surface area contributed by atoms with Crippen LogP contribution in [0.25, 0.3) is 0 Å². The summed E-state index contributed by atoms with van der Waals surface area (Å²) in [4.78, 5) is 11.5. The first-order valence-electron chi connectivity index (χ1n) is 5.03. The van der Waals surface area contributed by atoms with Crippen LogP contribution in [0.3, 0.4) is 0 Å². The van der Waals surface area contributed by atoms with Gasteiger partial charge in [-0.1, -0.05) is 29.3 Å². The summed E-state index contributed by atoms with van der Waals surface area (Å²) in [6.45, 7) is 0.809. The maximum absolute atomic E-state index is 11.5. The van der Waals surface area contributed by atoms with E-state index in [1.807, 2.05) is 7.05 Å². The molecule has 88 valence electrons. The van der Waals surface area contributed by atoms with Gasteiger partial charge < -0.3 is 10.6 Å². The number of anilines is 1. The van der Waals surface area contributed by atoms with E-state index in [4.69, 9.17) is 23.2 Å². The molecule has 0 atom stereocenters. The van der Waals surface area contributed by atoms with Crippen LogP contribution in [0.1, 0.15) is 12.8 Å². The van der Waals surface area contributed by atoms with Crippen LogP contribution in [-0.2, 0) is 4.79 Å². The third kappa shape index (κ3) is 4.00. The van der Waals surface area contributed by atoms with Gasteiger partial charge in [-0.15, -0.1) is 0 Å². The third-order valence-corrected chi connectivity index (χ3v) is 2.69. The molecule has 0 aliphatic rings. The van der Waals surface area contributed by atoms with Gasteiger partial charge in [0.15, 0.2) is 0 Å². The van der Waals surface area contributed by atoms with Gasteiger partial charge in [0.2, 0.25) is 5.91 Å². The molecular weight excluding hydrogens is 247 g/mol. The second kappa shape index (κ2) is 6.74. The summed E-state index contributed by atoms with van der Waals surface area (Å²) in [7, 11) is 1.85. The van der Waals surface area contributed by atoms with E-state index in [0.717, 1.165) is 13.0 Å². The van der Waals surface area contributed by atoms with E-state index in [1.165, 1.54) is 0 Å². The van der Waals surface area contributed by atoms with Gasteiger partial charge in [0, 0.05) is 6.42 Å². The number of rotatable bonds is 5. The first-order chi connectivity index (χ1) is 7.65. The van der Waals surface area contributed by atoms with E-state index >= 15 is 0 Å². The van der Waals surface area contributed by atoms with Crippen LogP contribution in [0, 0.1) is 0 Å². The molecule has 1 aromatic carbocycles. The van der Waals surface area contributed by atoms with Crippen LogP contribution in [0.5, 0.6) is 0 Å². The van der Waals surface area contributed by atoms with Crippen LogP contribution >= 0.6 is 23.2 Å². The molecule has 0 bridgehead atoms. The first-order valence-corrected chi connectivity index (χ1v) is 5.79. The molecule has 0 saturated carbocycles. The topological polar surface area (TPSA) is 41.1 Å². The Morgan fingerprint density at radius 2 is 1.94 bits per heavy atom. The lowest BCUT2D eigenvalue weighted by molar-refractivity contribution is -0.116. The van der Waals surface area contributed by atoms with E-state index in [9.17, 15) is 4.79 Å². The van der Waals surface area contributed by atoms with E-state index in [-0.39, 0.29) is 5.91 Å². The highest BCUT2D eigenvalue weighted by Gasteiger charge is 2.08. The molecule has 0 aliphatic heterocycles. The molecule has 0 unspecified atom stereocenters. The van der Waals surface area contributed by atoms with Crippen molar-refractivity contribution < 1.29 is 4.79 Å². The number of para-hydroxylation sites is 1. The number of hydrogen-bond acceptors (Lipinski definition) is 2. The Morgan fingerprint density at radius 1 is 1.31 bits per heavy atom. The van der Waals surface area contributed by atoms with Gasteiger partial charge >= 0.3 is 0 Å². The molecule has 1 amide bonds. The summed E-state index contributed by atoms with van der Waals surface area (Å²) >= 11 is 11.8. The molecule has 0 aliphatic carbocycles. The first kappa shape index (κ1) is 13.3. The van der Waals surface area contributed by atoms with E-state index < -0.39 is 0 Å². The van der Waals surface area contributed by atoms with Crippen molar-refractivity contribution in [2.75, 3.05) is 18.9 Å². The van der Waals surface area contributed by atoms with Crippen LogP contribution in [0.2, 0.25) is 10.0 Å². The van der Waals surface area contributed by atoms with Gasteiger partial charge in [0.1, 0.15) is 0 Å². The number of nitrogens with one attached hydrogen (secondary N) is 2. The average molecular weight is 261 g/mol. The SMILES string of the molecule is CNCCCC(=O)Nc1c(Cl)cccc1Cl. The number of benzene rings is 1. The van der Waals surface area contributed by atoms with Crippen molar-refractivity contribution in [3.63, 3.8) is 0 Å². The minimum Gasteiger partial charge on any atom is -0.324 e. The Morgan fingerprint density at radius 3 is 2.50 bits per heavy atom. The minimum absolute atomic E-state index is 0.0785. The summed E-state index contributed by atoms with van der Waals surface area (Å²) < 4.78 is 0. The fraction of sp³-hybridized carbons (Fsp3) is 0.364. The van der Waals surface area contributed by atoms with Crippen molar-refractivity contribution >= 4 is 34.8 Å². The van der Waals surface area contributed by atoms with Crippen molar-refractivity contribution in [2.45, 2.75) is 12.8 Å². The smallest absolute Gasteiger partial charge is 0.224 e. The molecule has 1 rings (SSSR count). The summed E-state index contributed by atoms with van der Waals surface area (Å²) in [5.74, 6) is -0.0785. The largest absolute Gasteiger partial charge is 0.324 e. The summed E-state index contributed by atoms with van der Waals surface area (Å²) in [6, 6.07) is 5.12. The van der Waals surface area contributed by atoms with Crippen molar-refractivity contribution in [1.29, 1.82) is 0 Å². The van der Waals surface area contributed by atoms with Gasteiger partial charge in [-0.2, -0.15) is 0 Å². The number of amides is 1. The molecule has 1 aromatic rings. The second-order valence-corrected chi connectivity index (χ2v) is 4.17. The Labute approximate surface area is 105 Å². The predicted octanol–water partition coefficient (Wildman–Crippen LogP) is 2.93. The molecular formula is C11H14Cl2N2O. The van der Waals surface area contributed by atoms with Crippen LogP contribution in [0.4, 0.5) is 5.69 Å². The summed E-state index contributed by atoms with van der Waals surface area (Å²) in [5.41, 5.74) is 0.486. The summed E-state index contributed by atoms with van der Waals surface area (Å²) in [6.07, 6.45) is 1.23. The number of carbonyl (C=O) groups excluding carboxylic acids is 1. The van der Waals surface area contributed by atoms with E-state index in [2.05, 4.69) is 10.6 Å². The monoisotopic (exact) mass is 260 g/mol. The van der Waals surface area contributed by atoms with Gasteiger partial charge in [0.05, 0.1) is 15.7 Å². The zero-order valence-electron chi connectivity index (χ0n) is 9.02. The van der Waals surface area contributed by atoms with Crippen molar-refractivity contribution in [3.8, 4) is 0 Å². The second-order valence-electron chi connectivity index (χ2n) is 3.35. The molecule has 16 heavy (non-hydrogen) atoms. The molecule has 0 spiro atoms. The average Bonchev–Trinajstić information content (AvgIpc) is 2.24. The Kier molecular flexibility index (Phi) is 5.60. The van der Waals surface area contributed by atoms with Crippen molar-refractivity contribution in [1.82, 2.24) is 5.32 Å². The molecule has 5 heteroatoms. The lowest BCUT2D eigenvalue weighted by atomic mass is 10.2. The highest BCUT2D eigenvalue weighted by atomic mass is 35.5. The molecule has 0 radical (unpaired) electrons. The fourth-order valence-electron chi connectivity index (χ4n) is 1.24. The van der Waals surface area contributed by atoms with Gasteiger partial charge in [-0.25, -0.2) is 0 Å². The maximum Gasteiger partial charge on any atom is 0.224 e. The zero-order valence-corrected chi connectivity index (χ0v) is 10.5. The van der Waals surface area contributed by atoms with Gasteiger partial charge in [0.25, 0.3) is 0 Å². The number of carbonyl (C=O) groups is 1. The van der Waals surface area contributed by atoms with Crippen LogP contribution in [-0.4, -0.2) is 19.5 Å². The molecule has 3 nitrogen and oxygen atoms in total. The lowest BCUT2D eigenvalue weighted by Crippen LogP contribution is -2.15. The molecule has 2 N–H and O–H groups in total. The standard InChI is InChI=1S/C11H14Cl2N2O/c1-14-7-3-6-10(16)15-11-8(12)4-2-5-9(11)13/h2,4-5,14H,3,6-7H2,1H3,(H,15,16).